The number of Topliss-reactive ketones (excluding diaryl/α,β-unsaturated/α-hetero) is 1. The van der Waals surface area contributed by atoms with Crippen LogP contribution < -0.4 is 21.3 Å². The topological polar surface area (TPSA) is 140 Å². The Morgan fingerprint density at radius 2 is 1.83 bits per heavy atom. The van der Waals surface area contributed by atoms with Crippen LogP contribution in [0.15, 0.2) is 30.3 Å². The Balaban J connectivity index is 2.10. The Morgan fingerprint density at radius 3 is 2.43 bits per heavy atom. The smallest absolute Gasteiger partial charge is 0.246 e. The summed E-state index contributed by atoms with van der Waals surface area (Å²) < 4.78 is 0. The van der Waals surface area contributed by atoms with Gasteiger partial charge in [-0.2, -0.15) is 0 Å². The molecule has 1 fully saturated rings. The zero-order valence-electron chi connectivity index (χ0n) is 17.1. The molecule has 0 aromatic heterocycles. The van der Waals surface area contributed by atoms with E-state index in [1.807, 2.05) is 30.3 Å². The van der Waals surface area contributed by atoms with Gasteiger partial charge in [0.15, 0.2) is 5.78 Å². The summed E-state index contributed by atoms with van der Waals surface area (Å²) in [6.45, 7) is 2.75. The van der Waals surface area contributed by atoms with Crippen molar-refractivity contribution in [1.82, 2.24) is 21.3 Å². The molecule has 9 nitrogen and oxygen atoms in total. The predicted molar refractivity (Wildman–Crippen MR) is 112 cm³/mol. The molecule has 1 aliphatic heterocycles. The molecule has 1 aromatic carbocycles. The van der Waals surface area contributed by atoms with Gasteiger partial charge in [0.2, 0.25) is 17.7 Å². The second-order valence-electron chi connectivity index (χ2n) is 7.39. The highest BCUT2D eigenvalue weighted by Gasteiger charge is 2.41. The van der Waals surface area contributed by atoms with Crippen LogP contribution in [0.5, 0.6) is 0 Å². The number of nitrogens with one attached hydrogen (secondary N) is 5. The summed E-state index contributed by atoms with van der Waals surface area (Å²) in [5.74, 6) is -1.61. The lowest BCUT2D eigenvalue weighted by molar-refractivity contribution is -0.136. The van der Waals surface area contributed by atoms with Gasteiger partial charge in [-0.05, 0) is 37.9 Å². The Hall–Kier alpha value is -3.07. The largest absolute Gasteiger partial charge is 0.350 e. The van der Waals surface area contributed by atoms with Crippen molar-refractivity contribution >= 4 is 29.7 Å². The SMILES string of the molecule is CC(=O)NC1(C(=O)N[C@@H](CCC(=O)C=N)C(=O)NCc2ccccc2)CCNCC1. The number of piperidine rings is 1. The highest BCUT2D eigenvalue weighted by atomic mass is 16.2. The number of hydrogen-bond acceptors (Lipinski definition) is 6. The van der Waals surface area contributed by atoms with Crippen LogP contribution in [0.3, 0.4) is 0 Å². The first kappa shape index (κ1) is 23.2. The molecule has 1 saturated heterocycles. The Morgan fingerprint density at radius 1 is 1.17 bits per heavy atom. The molecule has 0 unspecified atom stereocenters. The second kappa shape index (κ2) is 11.2. The van der Waals surface area contributed by atoms with Crippen molar-refractivity contribution < 1.29 is 19.2 Å². The molecule has 1 aromatic rings. The fourth-order valence-corrected chi connectivity index (χ4v) is 3.43. The number of hydrogen-bond donors (Lipinski definition) is 5. The van der Waals surface area contributed by atoms with Crippen molar-refractivity contribution in [3.63, 3.8) is 0 Å². The number of rotatable bonds is 10. The maximum atomic E-state index is 13.1. The van der Waals surface area contributed by atoms with Crippen LogP contribution in [-0.4, -0.2) is 54.4 Å². The lowest BCUT2D eigenvalue weighted by Crippen LogP contribution is -2.64. The molecular formula is C21H29N5O4. The molecule has 30 heavy (non-hydrogen) atoms. The zero-order valence-corrected chi connectivity index (χ0v) is 17.1. The van der Waals surface area contributed by atoms with Gasteiger partial charge in [-0.15, -0.1) is 0 Å². The van der Waals surface area contributed by atoms with Crippen LogP contribution in [0.2, 0.25) is 0 Å². The van der Waals surface area contributed by atoms with Crippen molar-refractivity contribution in [2.45, 2.75) is 50.7 Å². The van der Waals surface area contributed by atoms with E-state index < -0.39 is 29.2 Å². The fraction of sp³-hybridized carbons (Fsp3) is 0.476. The van der Waals surface area contributed by atoms with Crippen LogP contribution in [-0.2, 0) is 25.7 Å². The van der Waals surface area contributed by atoms with Gasteiger partial charge in [0.25, 0.3) is 0 Å². The molecule has 162 valence electrons. The van der Waals surface area contributed by atoms with E-state index >= 15 is 0 Å². The average Bonchev–Trinajstić information content (AvgIpc) is 2.75. The fourth-order valence-electron chi connectivity index (χ4n) is 3.43. The van der Waals surface area contributed by atoms with E-state index in [1.54, 1.807) is 0 Å². The second-order valence-corrected chi connectivity index (χ2v) is 7.39. The molecule has 3 amide bonds. The maximum absolute atomic E-state index is 13.1. The monoisotopic (exact) mass is 415 g/mol. The molecule has 9 heteroatoms. The van der Waals surface area contributed by atoms with Gasteiger partial charge < -0.3 is 26.7 Å². The van der Waals surface area contributed by atoms with E-state index in [1.165, 1.54) is 6.92 Å². The standard InChI is InChI=1S/C21H29N5O4/c1-15(27)26-21(9-11-23-12-10-21)20(30)25-18(8-7-17(28)13-22)19(29)24-14-16-5-3-2-4-6-16/h2-6,13,18,22-23H,7-12,14H2,1H3,(H,24,29)(H,25,30)(H,26,27)/t18-/m0/s1. The van der Waals surface area contributed by atoms with Gasteiger partial charge in [0, 0.05) is 19.9 Å². The minimum Gasteiger partial charge on any atom is -0.350 e. The minimum atomic E-state index is -1.10. The lowest BCUT2D eigenvalue weighted by Gasteiger charge is -2.37. The predicted octanol–water partition coefficient (Wildman–Crippen LogP) is 0.0448. The van der Waals surface area contributed by atoms with Crippen molar-refractivity contribution in [2.24, 2.45) is 0 Å². The van der Waals surface area contributed by atoms with Crippen LogP contribution in [0.1, 0.15) is 38.2 Å². The molecule has 0 spiro atoms. The Labute approximate surface area is 175 Å². The van der Waals surface area contributed by atoms with Crippen LogP contribution in [0.25, 0.3) is 0 Å². The molecule has 1 atom stereocenters. The summed E-state index contributed by atoms with van der Waals surface area (Å²) in [5.41, 5.74) is -0.194. The highest BCUT2D eigenvalue weighted by Crippen LogP contribution is 2.19. The van der Waals surface area contributed by atoms with E-state index in [2.05, 4.69) is 21.3 Å². The number of amides is 3. The first-order valence-corrected chi connectivity index (χ1v) is 10.0. The normalized spacial score (nSPS) is 16.0. The third-order valence-corrected chi connectivity index (χ3v) is 5.08. The Kier molecular flexibility index (Phi) is 8.67. The first-order valence-electron chi connectivity index (χ1n) is 10.0. The van der Waals surface area contributed by atoms with Crippen LogP contribution >= 0.6 is 0 Å². The zero-order chi connectivity index (χ0) is 22.0. The maximum Gasteiger partial charge on any atom is 0.246 e. The summed E-state index contributed by atoms with van der Waals surface area (Å²) in [6, 6.07) is 8.37. The number of benzene rings is 1. The summed E-state index contributed by atoms with van der Waals surface area (Å²) >= 11 is 0. The van der Waals surface area contributed by atoms with Crippen LogP contribution in [0.4, 0.5) is 0 Å². The van der Waals surface area contributed by atoms with Crippen LogP contribution in [0, 0.1) is 5.41 Å². The molecule has 0 aliphatic carbocycles. The van der Waals surface area contributed by atoms with E-state index in [0.29, 0.717) is 32.1 Å². The quantitative estimate of drug-likeness (QED) is 0.343. The molecule has 5 N–H and O–H groups in total. The van der Waals surface area contributed by atoms with E-state index in [0.717, 1.165) is 5.56 Å². The third kappa shape index (κ3) is 6.77. The van der Waals surface area contributed by atoms with Gasteiger partial charge in [0.05, 0.1) is 6.21 Å². The van der Waals surface area contributed by atoms with Gasteiger partial charge >= 0.3 is 0 Å². The van der Waals surface area contributed by atoms with Crippen molar-refractivity contribution in [1.29, 1.82) is 5.41 Å². The number of carbonyl (C=O) groups is 4. The van der Waals surface area contributed by atoms with Gasteiger partial charge in [-0.3, -0.25) is 19.2 Å². The molecular weight excluding hydrogens is 386 g/mol. The minimum absolute atomic E-state index is 0.0398. The summed E-state index contributed by atoms with van der Waals surface area (Å²) in [4.78, 5) is 49.1. The number of ketones is 1. The molecule has 0 saturated carbocycles. The van der Waals surface area contributed by atoms with E-state index in [9.17, 15) is 19.2 Å². The highest BCUT2D eigenvalue weighted by molar-refractivity contribution is 6.26. The molecule has 1 aliphatic rings. The Bertz CT molecular complexity index is 775. The van der Waals surface area contributed by atoms with Crippen molar-refractivity contribution in [2.75, 3.05) is 13.1 Å². The number of carbonyl (C=O) groups excluding carboxylic acids is 4. The third-order valence-electron chi connectivity index (χ3n) is 5.08. The van der Waals surface area contributed by atoms with E-state index in [4.69, 9.17) is 5.41 Å². The molecule has 2 rings (SSSR count). The van der Waals surface area contributed by atoms with E-state index in [-0.39, 0.29) is 25.3 Å². The summed E-state index contributed by atoms with van der Waals surface area (Å²) in [5, 5.41) is 18.5. The summed E-state index contributed by atoms with van der Waals surface area (Å²) in [6.07, 6.45) is 1.52. The van der Waals surface area contributed by atoms with Gasteiger partial charge in [-0.25, -0.2) is 0 Å². The molecule has 0 bridgehead atoms. The molecule has 0 radical (unpaired) electrons. The van der Waals surface area contributed by atoms with Crippen molar-refractivity contribution in [3.8, 4) is 0 Å². The average molecular weight is 415 g/mol. The lowest BCUT2D eigenvalue weighted by atomic mass is 9.86. The van der Waals surface area contributed by atoms with Crippen molar-refractivity contribution in [3.05, 3.63) is 35.9 Å². The van der Waals surface area contributed by atoms with Gasteiger partial charge in [0.1, 0.15) is 11.6 Å². The molecule has 1 heterocycles. The van der Waals surface area contributed by atoms with Gasteiger partial charge in [-0.1, -0.05) is 30.3 Å². The summed E-state index contributed by atoms with van der Waals surface area (Å²) in [7, 11) is 0. The first-order chi connectivity index (χ1) is 14.4.